The minimum absolute atomic E-state index is 0.0195. The zero-order valence-corrected chi connectivity index (χ0v) is 12.3. The number of rotatable bonds is 6. The van der Waals surface area contributed by atoms with Gasteiger partial charge < -0.3 is 19.7 Å². The van der Waals surface area contributed by atoms with Gasteiger partial charge in [0.15, 0.2) is 0 Å². The number of hydrogen-bond donors (Lipinski definition) is 1. The van der Waals surface area contributed by atoms with Crippen molar-refractivity contribution in [2.24, 2.45) is 0 Å². The summed E-state index contributed by atoms with van der Waals surface area (Å²) in [5.74, 6) is 0.279. The van der Waals surface area contributed by atoms with E-state index in [0.717, 1.165) is 12.8 Å². The molecule has 6 nitrogen and oxygen atoms in total. The molecule has 1 N–H and O–H groups in total. The molecule has 21 heavy (non-hydrogen) atoms. The number of benzene rings is 1. The third-order valence-corrected chi connectivity index (χ3v) is 3.17. The van der Waals surface area contributed by atoms with Crippen LogP contribution in [-0.2, 0) is 9.53 Å². The van der Waals surface area contributed by atoms with E-state index in [2.05, 4.69) is 5.32 Å². The Bertz CT molecular complexity index is 514. The maximum atomic E-state index is 12.3. The second kappa shape index (κ2) is 6.97. The van der Waals surface area contributed by atoms with Gasteiger partial charge in [-0.15, -0.1) is 0 Å². The van der Waals surface area contributed by atoms with Crippen molar-refractivity contribution >= 4 is 17.7 Å². The second-order valence-corrected chi connectivity index (χ2v) is 4.83. The van der Waals surface area contributed by atoms with Gasteiger partial charge in [-0.25, -0.2) is 4.79 Å². The molecule has 2 rings (SSSR count). The van der Waals surface area contributed by atoms with Crippen molar-refractivity contribution in [3.8, 4) is 5.75 Å². The molecule has 1 saturated carbocycles. The fourth-order valence-electron chi connectivity index (χ4n) is 1.99. The van der Waals surface area contributed by atoms with Gasteiger partial charge in [-0.2, -0.15) is 0 Å². The number of hydrogen-bond acceptors (Lipinski definition) is 4. The molecule has 1 aromatic carbocycles. The molecule has 1 aliphatic carbocycles. The van der Waals surface area contributed by atoms with Gasteiger partial charge in [0.1, 0.15) is 12.3 Å². The Morgan fingerprint density at radius 3 is 2.76 bits per heavy atom. The summed E-state index contributed by atoms with van der Waals surface area (Å²) in [7, 11) is 1.57. The van der Waals surface area contributed by atoms with E-state index >= 15 is 0 Å². The SMILES string of the molecule is CCOC(=O)CN(C(=O)Nc1cccc(OC)c1)C1CC1. The van der Waals surface area contributed by atoms with Gasteiger partial charge >= 0.3 is 12.0 Å². The molecule has 0 bridgehead atoms. The predicted octanol–water partition coefficient (Wildman–Crippen LogP) is 2.25. The fourth-order valence-corrected chi connectivity index (χ4v) is 1.99. The topological polar surface area (TPSA) is 67.9 Å². The standard InChI is InChI=1S/C15H20N2O4/c1-3-21-14(18)10-17(12-7-8-12)15(19)16-11-5-4-6-13(9-11)20-2/h4-6,9,12H,3,7-8,10H2,1-2H3,(H,16,19). The van der Waals surface area contributed by atoms with Crippen molar-refractivity contribution in [1.29, 1.82) is 0 Å². The van der Waals surface area contributed by atoms with E-state index in [9.17, 15) is 9.59 Å². The summed E-state index contributed by atoms with van der Waals surface area (Å²) in [6, 6.07) is 6.93. The van der Waals surface area contributed by atoms with Crippen molar-refractivity contribution in [2.75, 3.05) is 25.6 Å². The first-order valence-corrected chi connectivity index (χ1v) is 7.01. The van der Waals surface area contributed by atoms with Crippen LogP contribution in [0, 0.1) is 0 Å². The van der Waals surface area contributed by atoms with Crippen molar-refractivity contribution < 1.29 is 19.1 Å². The minimum atomic E-state index is -0.384. The van der Waals surface area contributed by atoms with Crippen molar-refractivity contribution in [2.45, 2.75) is 25.8 Å². The number of esters is 1. The van der Waals surface area contributed by atoms with Gasteiger partial charge in [0, 0.05) is 17.8 Å². The summed E-state index contributed by atoms with van der Waals surface area (Å²) >= 11 is 0. The molecule has 0 unspecified atom stereocenters. The molecule has 0 aliphatic heterocycles. The van der Waals surface area contributed by atoms with Crippen LogP contribution in [0.4, 0.5) is 10.5 Å². The van der Waals surface area contributed by atoms with E-state index in [1.54, 1.807) is 38.3 Å². The number of amides is 2. The number of nitrogens with one attached hydrogen (secondary N) is 1. The highest BCUT2D eigenvalue weighted by molar-refractivity contribution is 5.92. The molecule has 0 heterocycles. The van der Waals surface area contributed by atoms with Gasteiger partial charge in [-0.1, -0.05) is 6.07 Å². The van der Waals surface area contributed by atoms with E-state index < -0.39 is 0 Å². The van der Waals surface area contributed by atoms with Crippen LogP contribution in [0.3, 0.4) is 0 Å². The molecule has 6 heteroatoms. The molecule has 0 atom stereocenters. The lowest BCUT2D eigenvalue weighted by atomic mass is 10.3. The summed E-state index contributed by atoms with van der Waals surface area (Å²) in [6.07, 6.45) is 1.84. The lowest BCUT2D eigenvalue weighted by Gasteiger charge is -2.21. The van der Waals surface area contributed by atoms with Crippen LogP contribution < -0.4 is 10.1 Å². The third-order valence-electron chi connectivity index (χ3n) is 3.17. The zero-order chi connectivity index (χ0) is 15.2. The molecule has 0 spiro atoms. The smallest absolute Gasteiger partial charge is 0.325 e. The first-order valence-electron chi connectivity index (χ1n) is 7.01. The summed E-state index contributed by atoms with van der Waals surface area (Å²) in [5.41, 5.74) is 0.633. The van der Waals surface area contributed by atoms with E-state index in [4.69, 9.17) is 9.47 Å². The normalized spacial score (nSPS) is 13.4. The average Bonchev–Trinajstić information content (AvgIpc) is 3.29. The lowest BCUT2D eigenvalue weighted by Crippen LogP contribution is -2.40. The Kier molecular flexibility index (Phi) is 5.03. The van der Waals surface area contributed by atoms with Crippen LogP contribution in [0.25, 0.3) is 0 Å². The Hall–Kier alpha value is -2.24. The molecule has 114 valence electrons. The van der Waals surface area contributed by atoms with Crippen LogP contribution >= 0.6 is 0 Å². The molecule has 0 aromatic heterocycles. The Morgan fingerprint density at radius 1 is 1.38 bits per heavy atom. The summed E-state index contributed by atoms with van der Waals surface area (Å²) < 4.78 is 10.0. The molecule has 0 radical (unpaired) electrons. The number of ether oxygens (including phenoxy) is 2. The first kappa shape index (κ1) is 15.2. The highest BCUT2D eigenvalue weighted by Crippen LogP contribution is 2.27. The number of anilines is 1. The number of carbonyl (C=O) groups excluding carboxylic acids is 2. The lowest BCUT2D eigenvalue weighted by molar-refractivity contribution is -0.143. The number of nitrogens with zero attached hydrogens (tertiary/aromatic N) is 1. The molecule has 0 saturated heterocycles. The summed E-state index contributed by atoms with van der Waals surface area (Å²) in [4.78, 5) is 25.4. The highest BCUT2D eigenvalue weighted by atomic mass is 16.5. The van der Waals surface area contributed by atoms with E-state index in [1.165, 1.54) is 4.90 Å². The van der Waals surface area contributed by atoms with Crippen LogP contribution in [0.1, 0.15) is 19.8 Å². The number of methoxy groups -OCH3 is 1. The number of carbonyl (C=O) groups is 2. The Labute approximate surface area is 124 Å². The van der Waals surface area contributed by atoms with Crippen LogP contribution in [0.15, 0.2) is 24.3 Å². The average molecular weight is 292 g/mol. The summed E-state index contributed by atoms with van der Waals surface area (Å²) in [5, 5.41) is 2.78. The maximum absolute atomic E-state index is 12.3. The summed E-state index contributed by atoms with van der Waals surface area (Å²) in [6.45, 7) is 2.04. The highest BCUT2D eigenvalue weighted by Gasteiger charge is 2.34. The number of urea groups is 1. The first-order chi connectivity index (χ1) is 10.1. The van der Waals surface area contributed by atoms with Gasteiger partial charge in [-0.3, -0.25) is 4.79 Å². The van der Waals surface area contributed by atoms with Crippen molar-refractivity contribution in [3.05, 3.63) is 24.3 Å². The minimum Gasteiger partial charge on any atom is -0.497 e. The molecular weight excluding hydrogens is 272 g/mol. The molecule has 1 aromatic rings. The second-order valence-electron chi connectivity index (χ2n) is 4.83. The largest absolute Gasteiger partial charge is 0.497 e. The van der Waals surface area contributed by atoms with Gasteiger partial charge in [0.25, 0.3) is 0 Å². The zero-order valence-electron chi connectivity index (χ0n) is 12.3. The van der Waals surface area contributed by atoms with E-state index in [-0.39, 0.29) is 24.6 Å². The van der Waals surface area contributed by atoms with Crippen LogP contribution in [-0.4, -0.2) is 43.2 Å². The van der Waals surface area contributed by atoms with Gasteiger partial charge in [-0.05, 0) is 31.9 Å². The Balaban J connectivity index is 1.99. The molecule has 2 amide bonds. The van der Waals surface area contributed by atoms with E-state index in [0.29, 0.717) is 18.0 Å². The fraction of sp³-hybridized carbons (Fsp3) is 0.467. The Morgan fingerprint density at radius 2 is 2.14 bits per heavy atom. The van der Waals surface area contributed by atoms with Crippen LogP contribution in [0.2, 0.25) is 0 Å². The van der Waals surface area contributed by atoms with Crippen molar-refractivity contribution in [3.63, 3.8) is 0 Å². The molecule has 1 fully saturated rings. The third kappa shape index (κ3) is 4.37. The monoisotopic (exact) mass is 292 g/mol. The quantitative estimate of drug-likeness (QED) is 0.817. The maximum Gasteiger partial charge on any atom is 0.325 e. The van der Waals surface area contributed by atoms with Gasteiger partial charge in [0.2, 0.25) is 0 Å². The predicted molar refractivity (Wildman–Crippen MR) is 78.4 cm³/mol. The molecule has 1 aliphatic rings. The van der Waals surface area contributed by atoms with Crippen LogP contribution in [0.5, 0.6) is 5.75 Å². The van der Waals surface area contributed by atoms with E-state index in [1.807, 2.05) is 0 Å². The molecular formula is C15H20N2O4. The van der Waals surface area contributed by atoms with Gasteiger partial charge in [0.05, 0.1) is 13.7 Å². The van der Waals surface area contributed by atoms with Crippen molar-refractivity contribution in [1.82, 2.24) is 4.90 Å².